The van der Waals surface area contributed by atoms with Crippen LogP contribution in [-0.4, -0.2) is 28.5 Å². The molecule has 0 bridgehead atoms. The van der Waals surface area contributed by atoms with E-state index in [1.807, 2.05) is 11.9 Å². The van der Waals surface area contributed by atoms with Crippen LogP contribution < -0.4 is 0 Å². The fourth-order valence-corrected chi connectivity index (χ4v) is 3.55. The summed E-state index contributed by atoms with van der Waals surface area (Å²) in [5, 5.41) is 2.71. The van der Waals surface area contributed by atoms with E-state index < -0.39 is 0 Å². The van der Waals surface area contributed by atoms with Crippen molar-refractivity contribution in [3.8, 4) is 0 Å². The molecule has 3 nitrogen and oxygen atoms in total. The second-order valence-electron chi connectivity index (χ2n) is 5.01. The molecule has 100 valence electrons. The minimum atomic E-state index is 0.0804. The van der Waals surface area contributed by atoms with Crippen LogP contribution in [0, 0.1) is 5.92 Å². The van der Waals surface area contributed by atoms with Crippen molar-refractivity contribution in [2.24, 2.45) is 13.0 Å². The van der Waals surface area contributed by atoms with Gasteiger partial charge in [0.25, 0.3) is 5.91 Å². The van der Waals surface area contributed by atoms with E-state index in [1.54, 1.807) is 28.2 Å². The lowest BCUT2D eigenvalue weighted by atomic mass is 9.95. The van der Waals surface area contributed by atoms with Gasteiger partial charge < -0.3 is 9.47 Å². The number of likely N-dealkylation sites (tertiary alicyclic amines) is 1. The summed E-state index contributed by atoms with van der Waals surface area (Å²) in [6, 6.07) is 5.97. The summed E-state index contributed by atoms with van der Waals surface area (Å²) < 4.78 is 1.79. The molecule has 2 aromatic rings. The Kier molecular flexibility index (Phi) is 3.37. The lowest BCUT2D eigenvalue weighted by Crippen LogP contribution is -2.51. The molecule has 3 rings (SSSR count). The van der Waals surface area contributed by atoms with Crippen LogP contribution in [0.2, 0.25) is 5.02 Å². The number of amides is 1. The summed E-state index contributed by atoms with van der Waals surface area (Å²) in [6.07, 6.45) is 2.84. The van der Waals surface area contributed by atoms with Gasteiger partial charge in [-0.05, 0) is 29.9 Å². The SMILES string of the molecule is Cn1cc(Cl)cc1C(=O)N1CC(Cc2cccs2)C1. The van der Waals surface area contributed by atoms with E-state index in [2.05, 4.69) is 17.5 Å². The molecule has 1 saturated heterocycles. The molecule has 1 aliphatic heterocycles. The van der Waals surface area contributed by atoms with Gasteiger partial charge in [0, 0.05) is 31.2 Å². The fourth-order valence-electron chi connectivity index (χ4n) is 2.48. The first kappa shape index (κ1) is 12.8. The highest BCUT2D eigenvalue weighted by atomic mass is 35.5. The standard InChI is InChI=1S/C14H15ClN2OS/c1-16-9-11(15)6-13(16)14(18)17-7-10(8-17)5-12-3-2-4-19-12/h2-4,6,9-10H,5,7-8H2,1H3. The number of carbonyl (C=O) groups excluding carboxylic acids is 1. The monoisotopic (exact) mass is 294 g/mol. The van der Waals surface area contributed by atoms with Gasteiger partial charge in [-0.25, -0.2) is 0 Å². The molecule has 1 amide bonds. The zero-order chi connectivity index (χ0) is 13.4. The Bertz CT molecular complexity index is 585. The van der Waals surface area contributed by atoms with E-state index in [-0.39, 0.29) is 5.91 Å². The molecule has 0 radical (unpaired) electrons. The first-order chi connectivity index (χ1) is 9.13. The van der Waals surface area contributed by atoms with E-state index >= 15 is 0 Å². The Labute approximate surface area is 121 Å². The van der Waals surface area contributed by atoms with Gasteiger partial charge in [0.2, 0.25) is 0 Å². The van der Waals surface area contributed by atoms with Crippen molar-refractivity contribution in [2.45, 2.75) is 6.42 Å². The molecule has 0 spiro atoms. The molecule has 0 aromatic carbocycles. The molecular formula is C14H15ClN2OS. The maximum absolute atomic E-state index is 12.3. The third kappa shape index (κ3) is 2.55. The molecule has 1 fully saturated rings. The number of carbonyl (C=O) groups is 1. The minimum absolute atomic E-state index is 0.0804. The van der Waals surface area contributed by atoms with Crippen molar-refractivity contribution in [2.75, 3.05) is 13.1 Å². The fraction of sp³-hybridized carbons (Fsp3) is 0.357. The third-order valence-corrected chi connectivity index (χ3v) is 4.61. The lowest BCUT2D eigenvalue weighted by molar-refractivity contribution is 0.0493. The first-order valence-corrected chi connectivity index (χ1v) is 7.53. The number of hydrogen-bond acceptors (Lipinski definition) is 2. The van der Waals surface area contributed by atoms with Crippen LogP contribution in [0.4, 0.5) is 0 Å². The summed E-state index contributed by atoms with van der Waals surface area (Å²) in [7, 11) is 1.85. The maximum Gasteiger partial charge on any atom is 0.270 e. The highest BCUT2D eigenvalue weighted by molar-refractivity contribution is 7.09. The van der Waals surface area contributed by atoms with Gasteiger partial charge in [-0.2, -0.15) is 0 Å². The second-order valence-corrected chi connectivity index (χ2v) is 6.48. The van der Waals surface area contributed by atoms with Crippen molar-refractivity contribution in [1.82, 2.24) is 9.47 Å². The molecule has 0 unspecified atom stereocenters. The number of hydrogen-bond donors (Lipinski definition) is 0. The molecule has 19 heavy (non-hydrogen) atoms. The average Bonchev–Trinajstić information content (AvgIpc) is 2.92. The Morgan fingerprint density at radius 1 is 1.53 bits per heavy atom. The van der Waals surface area contributed by atoms with Crippen LogP contribution in [-0.2, 0) is 13.5 Å². The molecule has 1 aliphatic rings. The molecule has 0 aliphatic carbocycles. The zero-order valence-corrected chi connectivity index (χ0v) is 12.2. The normalized spacial score (nSPS) is 15.6. The number of aromatic nitrogens is 1. The molecular weight excluding hydrogens is 280 g/mol. The zero-order valence-electron chi connectivity index (χ0n) is 10.7. The molecule has 3 heterocycles. The molecule has 0 saturated carbocycles. The number of rotatable bonds is 3. The summed E-state index contributed by atoms with van der Waals surface area (Å²) in [5.41, 5.74) is 0.666. The molecule has 0 N–H and O–H groups in total. The van der Waals surface area contributed by atoms with Crippen LogP contribution in [0.5, 0.6) is 0 Å². The van der Waals surface area contributed by atoms with Crippen molar-refractivity contribution in [3.63, 3.8) is 0 Å². The summed E-state index contributed by atoms with van der Waals surface area (Å²) in [5.74, 6) is 0.676. The van der Waals surface area contributed by atoms with Crippen molar-refractivity contribution < 1.29 is 4.79 Å². The van der Waals surface area contributed by atoms with E-state index in [9.17, 15) is 4.79 Å². The van der Waals surface area contributed by atoms with Crippen LogP contribution in [0.25, 0.3) is 0 Å². The second kappa shape index (κ2) is 5.02. The van der Waals surface area contributed by atoms with E-state index in [0.717, 1.165) is 19.5 Å². The average molecular weight is 295 g/mol. The Balaban J connectivity index is 1.58. The van der Waals surface area contributed by atoms with Gasteiger partial charge in [0.15, 0.2) is 0 Å². The van der Waals surface area contributed by atoms with Gasteiger partial charge in [-0.15, -0.1) is 11.3 Å². The van der Waals surface area contributed by atoms with Crippen LogP contribution in [0.3, 0.4) is 0 Å². The number of halogens is 1. The van der Waals surface area contributed by atoms with Gasteiger partial charge >= 0.3 is 0 Å². The van der Waals surface area contributed by atoms with E-state index in [4.69, 9.17) is 11.6 Å². The van der Waals surface area contributed by atoms with Gasteiger partial charge in [-0.3, -0.25) is 4.79 Å². The van der Waals surface area contributed by atoms with Crippen molar-refractivity contribution in [3.05, 3.63) is 45.4 Å². The lowest BCUT2D eigenvalue weighted by Gasteiger charge is -2.39. The topological polar surface area (TPSA) is 25.2 Å². The predicted octanol–water partition coefficient (Wildman–Crippen LogP) is 3.05. The van der Waals surface area contributed by atoms with Crippen molar-refractivity contribution >= 4 is 28.8 Å². The van der Waals surface area contributed by atoms with Gasteiger partial charge in [0.05, 0.1) is 5.02 Å². The van der Waals surface area contributed by atoms with E-state index in [1.165, 1.54) is 4.88 Å². The van der Waals surface area contributed by atoms with Gasteiger partial charge in [-0.1, -0.05) is 17.7 Å². The van der Waals surface area contributed by atoms with Crippen molar-refractivity contribution in [1.29, 1.82) is 0 Å². The number of nitrogens with zero attached hydrogens (tertiary/aromatic N) is 2. The van der Waals surface area contributed by atoms with Crippen LogP contribution in [0.15, 0.2) is 29.8 Å². The van der Waals surface area contributed by atoms with Crippen LogP contribution in [0.1, 0.15) is 15.4 Å². The largest absolute Gasteiger partial charge is 0.345 e. The molecule has 0 atom stereocenters. The van der Waals surface area contributed by atoms with Gasteiger partial charge in [0.1, 0.15) is 5.69 Å². The van der Waals surface area contributed by atoms with Crippen LogP contribution >= 0.6 is 22.9 Å². The quantitative estimate of drug-likeness (QED) is 0.854. The number of thiophene rings is 1. The highest BCUT2D eigenvalue weighted by Crippen LogP contribution is 2.25. The van der Waals surface area contributed by atoms with E-state index in [0.29, 0.717) is 16.6 Å². The maximum atomic E-state index is 12.3. The smallest absolute Gasteiger partial charge is 0.270 e. The highest BCUT2D eigenvalue weighted by Gasteiger charge is 2.32. The number of aryl methyl sites for hydroxylation is 1. The Morgan fingerprint density at radius 3 is 2.89 bits per heavy atom. The summed E-state index contributed by atoms with van der Waals surface area (Å²) in [4.78, 5) is 15.6. The first-order valence-electron chi connectivity index (χ1n) is 6.27. The Morgan fingerprint density at radius 2 is 2.32 bits per heavy atom. The summed E-state index contributed by atoms with van der Waals surface area (Å²) >= 11 is 7.70. The summed E-state index contributed by atoms with van der Waals surface area (Å²) in [6.45, 7) is 1.69. The predicted molar refractivity (Wildman–Crippen MR) is 77.8 cm³/mol. The minimum Gasteiger partial charge on any atom is -0.345 e. The Hall–Kier alpha value is -1.26. The molecule has 5 heteroatoms. The molecule has 2 aromatic heterocycles. The third-order valence-electron chi connectivity index (χ3n) is 3.51.